The van der Waals surface area contributed by atoms with Crippen LogP contribution in [0.25, 0.3) is 0 Å². The zero-order valence-electron chi connectivity index (χ0n) is 10.4. The van der Waals surface area contributed by atoms with E-state index in [-0.39, 0.29) is 18.5 Å². The van der Waals surface area contributed by atoms with Crippen molar-refractivity contribution in [1.29, 1.82) is 0 Å². The molecule has 20 heavy (non-hydrogen) atoms. The van der Waals surface area contributed by atoms with Crippen molar-refractivity contribution in [3.63, 3.8) is 0 Å². The number of nitrogens with one attached hydrogen (secondary N) is 1. The van der Waals surface area contributed by atoms with Crippen LogP contribution in [0.4, 0.5) is 0 Å². The van der Waals surface area contributed by atoms with Gasteiger partial charge in [-0.05, 0) is 30.0 Å². The summed E-state index contributed by atoms with van der Waals surface area (Å²) in [4.78, 5) is 24.4. The van der Waals surface area contributed by atoms with Crippen LogP contribution in [0.3, 0.4) is 0 Å². The van der Waals surface area contributed by atoms with Gasteiger partial charge in [0.05, 0.1) is 15.8 Å². The number of amides is 1. The molecule has 1 amide bonds. The molecular formula is C13H12ClNO3S2. The van der Waals surface area contributed by atoms with Crippen LogP contribution < -0.4 is 5.32 Å². The molecule has 0 atom stereocenters. The lowest BCUT2D eigenvalue weighted by Crippen LogP contribution is -2.24. The molecule has 4 nitrogen and oxygen atoms in total. The van der Waals surface area contributed by atoms with Crippen molar-refractivity contribution >= 4 is 46.2 Å². The Morgan fingerprint density at radius 2 is 2.10 bits per heavy atom. The Kier molecular flexibility index (Phi) is 5.58. The third-order valence-electron chi connectivity index (χ3n) is 2.36. The van der Waals surface area contributed by atoms with Crippen molar-refractivity contribution in [2.45, 2.75) is 6.42 Å². The number of hydrogen-bond donors (Lipinski definition) is 1. The zero-order chi connectivity index (χ0) is 14.4. The molecule has 106 valence electrons. The average molecular weight is 330 g/mol. The summed E-state index contributed by atoms with van der Waals surface area (Å²) < 4.78 is 5.63. The molecule has 0 radical (unpaired) electrons. The summed E-state index contributed by atoms with van der Waals surface area (Å²) in [6.07, 6.45) is 0.571. The maximum atomic E-state index is 11.6. The topological polar surface area (TPSA) is 55.4 Å². The number of halogens is 1. The Bertz CT molecular complexity index is 580. The van der Waals surface area contributed by atoms with Gasteiger partial charge >= 0.3 is 5.97 Å². The van der Waals surface area contributed by atoms with E-state index in [9.17, 15) is 9.59 Å². The molecule has 0 saturated carbocycles. The van der Waals surface area contributed by atoms with E-state index in [1.165, 1.54) is 22.7 Å². The van der Waals surface area contributed by atoms with Crippen LogP contribution in [-0.2, 0) is 4.74 Å². The van der Waals surface area contributed by atoms with Gasteiger partial charge in [0.2, 0.25) is 0 Å². The Hall–Kier alpha value is -1.37. The third kappa shape index (κ3) is 4.33. The molecule has 0 aliphatic heterocycles. The number of carbonyl (C=O) groups excluding carboxylic acids is 2. The predicted octanol–water partition coefficient (Wildman–Crippen LogP) is 3.44. The van der Waals surface area contributed by atoms with E-state index in [0.29, 0.717) is 27.1 Å². The van der Waals surface area contributed by atoms with Gasteiger partial charge in [-0.2, -0.15) is 0 Å². The van der Waals surface area contributed by atoms with Crippen molar-refractivity contribution in [3.8, 4) is 0 Å². The first-order chi connectivity index (χ1) is 9.66. The van der Waals surface area contributed by atoms with Gasteiger partial charge in [0.15, 0.2) is 0 Å². The van der Waals surface area contributed by atoms with Crippen LogP contribution in [-0.4, -0.2) is 25.0 Å². The molecule has 2 aromatic heterocycles. The van der Waals surface area contributed by atoms with E-state index in [0.717, 1.165) is 0 Å². The minimum atomic E-state index is -0.383. The van der Waals surface area contributed by atoms with E-state index in [1.54, 1.807) is 18.2 Å². The highest BCUT2D eigenvalue weighted by molar-refractivity contribution is 7.17. The molecule has 2 aromatic rings. The number of rotatable bonds is 6. The van der Waals surface area contributed by atoms with Gasteiger partial charge in [-0.1, -0.05) is 17.7 Å². The summed E-state index contributed by atoms with van der Waals surface area (Å²) in [5.74, 6) is -0.483. The zero-order valence-corrected chi connectivity index (χ0v) is 12.8. The lowest BCUT2D eigenvalue weighted by atomic mass is 10.4. The van der Waals surface area contributed by atoms with E-state index in [1.807, 2.05) is 11.4 Å². The second-order valence-corrected chi connectivity index (χ2v) is 6.49. The highest BCUT2D eigenvalue weighted by atomic mass is 35.5. The molecule has 0 aliphatic carbocycles. The fourth-order valence-corrected chi connectivity index (χ4v) is 3.01. The van der Waals surface area contributed by atoms with Gasteiger partial charge in [0, 0.05) is 6.54 Å². The van der Waals surface area contributed by atoms with E-state index < -0.39 is 0 Å². The number of ether oxygens (including phenoxy) is 1. The van der Waals surface area contributed by atoms with E-state index >= 15 is 0 Å². The summed E-state index contributed by atoms with van der Waals surface area (Å²) in [6, 6.07) is 6.88. The number of hydrogen-bond acceptors (Lipinski definition) is 5. The summed E-state index contributed by atoms with van der Waals surface area (Å²) in [7, 11) is 0. The van der Waals surface area contributed by atoms with Gasteiger partial charge in [-0.3, -0.25) is 4.79 Å². The van der Waals surface area contributed by atoms with Crippen molar-refractivity contribution in [1.82, 2.24) is 5.32 Å². The summed E-state index contributed by atoms with van der Waals surface area (Å²) >= 11 is 8.31. The highest BCUT2D eigenvalue weighted by Gasteiger charge is 2.10. The fourth-order valence-electron chi connectivity index (χ4n) is 1.43. The molecule has 0 bridgehead atoms. The molecule has 0 aromatic carbocycles. The van der Waals surface area contributed by atoms with Crippen LogP contribution in [0.15, 0.2) is 29.6 Å². The maximum absolute atomic E-state index is 11.6. The third-order valence-corrected chi connectivity index (χ3v) is 4.44. The molecule has 0 spiro atoms. The summed E-state index contributed by atoms with van der Waals surface area (Å²) in [6.45, 7) is 0.730. The Balaban J connectivity index is 1.62. The first-order valence-corrected chi connectivity index (χ1v) is 7.98. The van der Waals surface area contributed by atoms with Gasteiger partial charge in [0.1, 0.15) is 4.88 Å². The first kappa shape index (κ1) is 15.0. The molecule has 0 unspecified atom stereocenters. The molecule has 0 fully saturated rings. The second kappa shape index (κ2) is 7.42. The minimum absolute atomic E-state index is 0.101. The van der Waals surface area contributed by atoms with Crippen LogP contribution >= 0.6 is 34.3 Å². The summed E-state index contributed by atoms with van der Waals surface area (Å²) in [5.41, 5.74) is 0. The average Bonchev–Trinajstić information content (AvgIpc) is 3.08. The normalized spacial score (nSPS) is 10.2. The molecule has 7 heteroatoms. The minimum Gasteiger partial charge on any atom is -0.461 e. The molecule has 0 saturated heterocycles. The van der Waals surface area contributed by atoms with Gasteiger partial charge in [0.25, 0.3) is 5.91 Å². The number of esters is 1. The lowest BCUT2D eigenvalue weighted by Gasteiger charge is -2.04. The van der Waals surface area contributed by atoms with Crippen LogP contribution in [0.1, 0.15) is 25.8 Å². The highest BCUT2D eigenvalue weighted by Crippen LogP contribution is 2.21. The SMILES string of the molecule is O=C(NCCCOC(=O)c1ccc(Cl)s1)c1cccs1. The largest absolute Gasteiger partial charge is 0.461 e. The predicted molar refractivity (Wildman–Crippen MR) is 80.9 cm³/mol. The molecule has 2 rings (SSSR count). The molecular weight excluding hydrogens is 318 g/mol. The van der Waals surface area contributed by atoms with Crippen LogP contribution in [0.5, 0.6) is 0 Å². The van der Waals surface area contributed by atoms with E-state index in [4.69, 9.17) is 16.3 Å². The number of carbonyl (C=O) groups is 2. The van der Waals surface area contributed by atoms with Gasteiger partial charge < -0.3 is 10.1 Å². The monoisotopic (exact) mass is 329 g/mol. The van der Waals surface area contributed by atoms with Crippen molar-refractivity contribution in [3.05, 3.63) is 43.7 Å². The maximum Gasteiger partial charge on any atom is 0.348 e. The molecule has 0 aliphatic rings. The number of thiophene rings is 2. The quantitative estimate of drug-likeness (QED) is 0.652. The summed E-state index contributed by atoms with van der Waals surface area (Å²) in [5, 5.41) is 4.61. The molecule has 2 heterocycles. The fraction of sp³-hybridized carbons (Fsp3) is 0.231. The van der Waals surface area contributed by atoms with Gasteiger partial charge in [-0.25, -0.2) is 4.79 Å². The standard InChI is InChI=1S/C13H12ClNO3S2/c14-11-5-4-10(20-11)13(17)18-7-2-6-15-12(16)9-3-1-8-19-9/h1,3-5,8H,2,6-7H2,(H,15,16). The molecule has 1 N–H and O–H groups in total. The lowest BCUT2D eigenvalue weighted by molar-refractivity contribution is 0.0506. The van der Waals surface area contributed by atoms with Crippen molar-refractivity contribution < 1.29 is 14.3 Å². The smallest absolute Gasteiger partial charge is 0.348 e. The van der Waals surface area contributed by atoms with Crippen molar-refractivity contribution in [2.24, 2.45) is 0 Å². The van der Waals surface area contributed by atoms with E-state index in [2.05, 4.69) is 5.32 Å². The van der Waals surface area contributed by atoms with Crippen LogP contribution in [0, 0.1) is 0 Å². The van der Waals surface area contributed by atoms with Gasteiger partial charge in [-0.15, -0.1) is 22.7 Å². The first-order valence-electron chi connectivity index (χ1n) is 5.91. The Morgan fingerprint density at radius 1 is 1.25 bits per heavy atom. The Labute approximate surface area is 129 Å². The second-order valence-electron chi connectivity index (χ2n) is 3.83. The van der Waals surface area contributed by atoms with Crippen molar-refractivity contribution in [2.75, 3.05) is 13.2 Å². The Morgan fingerprint density at radius 3 is 2.75 bits per heavy atom. The van der Waals surface area contributed by atoms with Crippen LogP contribution in [0.2, 0.25) is 4.34 Å².